The maximum absolute atomic E-state index is 12.5. The van der Waals surface area contributed by atoms with Crippen molar-refractivity contribution >= 4 is 33.4 Å². The molecule has 0 amide bonds. The monoisotopic (exact) mass is 469 g/mol. The van der Waals surface area contributed by atoms with Crippen LogP contribution in [0, 0.1) is 18.3 Å². The largest absolute Gasteiger partial charge is 0.493 e. The molecule has 0 atom stereocenters. The second kappa shape index (κ2) is 9.77. The van der Waals surface area contributed by atoms with Crippen LogP contribution in [0.25, 0.3) is 11.6 Å². The fourth-order valence-electron chi connectivity index (χ4n) is 2.90. The van der Waals surface area contributed by atoms with Crippen molar-refractivity contribution in [2.24, 2.45) is 0 Å². The molecular formula is C24H20ClNO5S. The number of halogens is 1. The third kappa shape index (κ3) is 5.22. The van der Waals surface area contributed by atoms with Gasteiger partial charge >= 0.3 is 10.1 Å². The van der Waals surface area contributed by atoms with Crippen LogP contribution in [0.1, 0.15) is 16.7 Å². The number of ether oxygens (including phenoxy) is 2. The van der Waals surface area contributed by atoms with Gasteiger partial charge in [0.25, 0.3) is 0 Å². The first-order valence-corrected chi connectivity index (χ1v) is 11.2. The van der Waals surface area contributed by atoms with Crippen molar-refractivity contribution in [3.63, 3.8) is 0 Å². The molecule has 0 saturated heterocycles. The van der Waals surface area contributed by atoms with Gasteiger partial charge in [-0.05, 0) is 66.6 Å². The van der Waals surface area contributed by atoms with E-state index in [1.807, 2.05) is 6.92 Å². The lowest BCUT2D eigenvalue weighted by Gasteiger charge is -2.10. The highest BCUT2D eigenvalue weighted by molar-refractivity contribution is 7.87. The zero-order valence-corrected chi connectivity index (χ0v) is 19.2. The zero-order valence-electron chi connectivity index (χ0n) is 17.6. The average Bonchev–Trinajstić information content (AvgIpc) is 2.79. The molecule has 164 valence electrons. The third-order valence-electron chi connectivity index (χ3n) is 4.59. The summed E-state index contributed by atoms with van der Waals surface area (Å²) in [5.74, 6) is 1.04. The van der Waals surface area contributed by atoms with Crippen LogP contribution in [0.3, 0.4) is 0 Å². The van der Waals surface area contributed by atoms with Gasteiger partial charge in [0.15, 0.2) is 17.2 Å². The Morgan fingerprint density at radius 1 is 0.938 bits per heavy atom. The molecule has 0 aromatic heterocycles. The SMILES string of the molecule is COc1ccc(/C(C#N)=C/c2ccc(OS(=O)(=O)c3ccc(C)cc3)c(Cl)c2)cc1OC. The molecular weight excluding hydrogens is 450 g/mol. The number of rotatable bonds is 7. The number of methoxy groups -OCH3 is 2. The minimum Gasteiger partial charge on any atom is -0.493 e. The van der Waals surface area contributed by atoms with Crippen molar-refractivity contribution in [1.82, 2.24) is 0 Å². The molecule has 0 unspecified atom stereocenters. The minimum atomic E-state index is -4.03. The lowest BCUT2D eigenvalue weighted by molar-refractivity contribution is 0.355. The molecule has 0 aliphatic carbocycles. The van der Waals surface area contributed by atoms with Gasteiger partial charge in [0.1, 0.15) is 4.90 Å². The Bertz CT molecular complexity index is 1310. The second-order valence-electron chi connectivity index (χ2n) is 6.78. The van der Waals surface area contributed by atoms with Crippen molar-refractivity contribution in [2.45, 2.75) is 11.8 Å². The first kappa shape index (κ1) is 23.2. The van der Waals surface area contributed by atoms with Crippen LogP contribution < -0.4 is 13.7 Å². The van der Waals surface area contributed by atoms with Crippen LogP contribution in [0.2, 0.25) is 5.02 Å². The summed E-state index contributed by atoms with van der Waals surface area (Å²) >= 11 is 6.27. The first-order valence-electron chi connectivity index (χ1n) is 9.42. The van der Waals surface area contributed by atoms with Gasteiger partial charge in [-0.25, -0.2) is 0 Å². The molecule has 0 bridgehead atoms. The average molecular weight is 470 g/mol. The number of nitrogens with zero attached hydrogens (tertiary/aromatic N) is 1. The van der Waals surface area contributed by atoms with Crippen molar-refractivity contribution in [3.05, 3.63) is 82.4 Å². The Hall–Kier alpha value is -3.47. The van der Waals surface area contributed by atoms with E-state index >= 15 is 0 Å². The van der Waals surface area contributed by atoms with E-state index in [-0.39, 0.29) is 15.7 Å². The van der Waals surface area contributed by atoms with Crippen LogP contribution in [-0.2, 0) is 10.1 Å². The molecule has 3 aromatic rings. The molecule has 0 aliphatic rings. The molecule has 3 rings (SSSR count). The van der Waals surface area contributed by atoms with Crippen molar-refractivity contribution in [1.29, 1.82) is 5.26 Å². The second-order valence-corrected chi connectivity index (χ2v) is 8.73. The molecule has 0 saturated carbocycles. The number of hydrogen-bond acceptors (Lipinski definition) is 6. The first-order chi connectivity index (χ1) is 15.3. The van der Waals surface area contributed by atoms with E-state index in [0.29, 0.717) is 28.2 Å². The van der Waals surface area contributed by atoms with Crippen molar-refractivity contribution < 1.29 is 22.1 Å². The summed E-state index contributed by atoms with van der Waals surface area (Å²) < 4.78 is 40.7. The van der Waals surface area contributed by atoms with Crippen molar-refractivity contribution in [2.75, 3.05) is 14.2 Å². The van der Waals surface area contributed by atoms with Gasteiger partial charge in [0, 0.05) is 0 Å². The Morgan fingerprint density at radius 3 is 2.19 bits per heavy atom. The predicted octanol–water partition coefficient (Wildman–Crippen LogP) is 5.50. The quantitative estimate of drug-likeness (QED) is 0.258. The number of aryl methyl sites for hydroxylation is 1. The van der Waals surface area contributed by atoms with Crippen LogP contribution >= 0.6 is 11.6 Å². The maximum Gasteiger partial charge on any atom is 0.339 e. The van der Waals surface area contributed by atoms with E-state index in [1.165, 1.54) is 38.5 Å². The van der Waals surface area contributed by atoms with Gasteiger partial charge < -0.3 is 13.7 Å². The van der Waals surface area contributed by atoms with Crippen molar-refractivity contribution in [3.8, 4) is 23.3 Å². The summed E-state index contributed by atoms with van der Waals surface area (Å²) in [6, 6.07) is 18.2. The summed E-state index contributed by atoms with van der Waals surface area (Å²) in [7, 11) is -0.983. The van der Waals surface area contributed by atoms with E-state index in [2.05, 4.69) is 6.07 Å². The molecule has 0 spiro atoms. The fraction of sp³-hybridized carbons (Fsp3) is 0.125. The molecule has 0 fully saturated rings. The lowest BCUT2D eigenvalue weighted by atomic mass is 10.0. The lowest BCUT2D eigenvalue weighted by Crippen LogP contribution is -2.10. The van der Waals surface area contributed by atoms with Crippen LogP contribution in [0.4, 0.5) is 0 Å². The molecule has 3 aromatic carbocycles. The number of allylic oxidation sites excluding steroid dienone is 1. The van der Waals surface area contributed by atoms with Gasteiger partial charge in [-0.2, -0.15) is 13.7 Å². The van der Waals surface area contributed by atoms with Crippen LogP contribution in [0.15, 0.2) is 65.6 Å². The topological polar surface area (TPSA) is 85.6 Å². The predicted molar refractivity (Wildman–Crippen MR) is 123 cm³/mol. The van der Waals surface area contributed by atoms with E-state index in [0.717, 1.165) is 5.56 Å². The molecule has 0 heterocycles. The number of nitriles is 1. The van der Waals surface area contributed by atoms with Crippen LogP contribution in [0.5, 0.6) is 17.2 Å². The highest BCUT2D eigenvalue weighted by Crippen LogP contribution is 2.33. The molecule has 0 radical (unpaired) electrons. The van der Waals surface area contributed by atoms with Gasteiger partial charge in [-0.15, -0.1) is 0 Å². The highest BCUT2D eigenvalue weighted by Gasteiger charge is 2.18. The Labute approximate surface area is 192 Å². The zero-order chi connectivity index (χ0) is 23.3. The van der Waals surface area contributed by atoms with Gasteiger partial charge in [0.2, 0.25) is 0 Å². The summed E-state index contributed by atoms with van der Waals surface area (Å²) in [5, 5.41) is 9.72. The Morgan fingerprint density at radius 2 is 1.59 bits per heavy atom. The molecule has 6 nitrogen and oxygen atoms in total. The smallest absolute Gasteiger partial charge is 0.339 e. The number of hydrogen-bond donors (Lipinski definition) is 0. The van der Waals surface area contributed by atoms with E-state index in [1.54, 1.807) is 42.5 Å². The van der Waals surface area contributed by atoms with Gasteiger partial charge in [-0.3, -0.25) is 0 Å². The Kier molecular flexibility index (Phi) is 7.08. The van der Waals surface area contributed by atoms with E-state index in [9.17, 15) is 13.7 Å². The summed E-state index contributed by atoms with van der Waals surface area (Å²) in [6.07, 6.45) is 1.63. The minimum absolute atomic E-state index is 0.00554. The van der Waals surface area contributed by atoms with Gasteiger partial charge in [-0.1, -0.05) is 35.4 Å². The van der Waals surface area contributed by atoms with E-state index in [4.69, 9.17) is 25.3 Å². The Balaban J connectivity index is 1.89. The fourth-order valence-corrected chi connectivity index (χ4v) is 4.12. The normalized spacial score (nSPS) is 11.5. The maximum atomic E-state index is 12.5. The number of benzene rings is 3. The highest BCUT2D eigenvalue weighted by atomic mass is 35.5. The third-order valence-corrected chi connectivity index (χ3v) is 6.13. The van der Waals surface area contributed by atoms with Gasteiger partial charge in [0.05, 0.1) is 30.9 Å². The van der Waals surface area contributed by atoms with Crippen LogP contribution in [-0.4, -0.2) is 22.6 Å². The molecule has 8 heteroatoms. The molecule has 32 heavy (non-hydrogen) atoms. The summed E-state index contributed by atoms with van der Waals surface area (Å²) in [6.45, 7) is 1.86. The molecule has 0 aliphatic heterocycles. The summed E-state index contributed by atoms with van der Waals surface area (Å²) in [5.41, 5.74) is 2.52. The summed E-state index contributed by atoms with van der Waals surface area (Å²) in [4.78, 5) is 0.0309. The van der Waals surface area contributed by atoms with E-state index < -0.39 is 10.1 Å². The molecule has 0 N–H and O–H groups in total. The standard InChI is InChI=1S/C24H20ClNO5S/c1-16-4-8-20(9-5-16)32(27,28)31-22-10-6-17(13-21(22)25)12-19(15-26)18-7-11-23(29-2)24(14-18)30-3/h4-14H,1-3H3/b19-12+.